The molecule has 0 saturated carbocycles. The van der Waals surface area contributed by atoms with E-state index in [9.17, 15) is 9.90 Å². The summed E-state index contributed by atoms with van der Waals surface area (Å²) in [5.74, 6) is 0.00892. The Kier molecular flexibility index (Phi) is 3.85. The molecule has 0 aliphatic rings. The Balaban J connectivity index is 3.07. The van der Waals surface area contributed by atoms with E-state index in [0.717, 1.165) is 21.9 Å². The van der Waals surface area contributed by atoms with E-state index >= 15 is 0 Å². The first-order valence-corrected chi connectivity index (χ1v) is 7.75. The maximum Gasteiger partial charge on any atom is 0.163 e. The summed E-state index contributed by atoms with van der Waals surface area (Å²) < 4.78 is 0. The minimum absolute atomic E-state index is 0.103. The molecule has 0 amide bonds. The molecule has 0 spiro atoms. The van der Waals surface area contributed by atoms with Crippen molar-refractivity contribution in [3.8, 4) is 5.75 Å². The van der Waals surface area contributed by atoms with Crippen LogP contribution in [0, 0.1) is 0 Å². The van der Waals surface area contributed by atoms with Crippen LogP contribution in [-0.4, -0.2) is 10.9 Å². The smallest absolute Gasteiger partial charge is 0.163 e. The normalized spacial score (nSPS) is 12.7. The number of ketones is 1. The van der Waals surface area contributed by atoms with Gasteiger partial charge in [-0.1, -0.05) is 59.7 Å². The van der Waals surface area contributed by atoms with Crippen molar-refractivity contribution in [3.05, 3.63) is 41.0 Å². The summed E-state index contributed by atoms with van der Waals surface area (Å²) >= 11 is 0. The Hall–Kier alpha value is -1.83. The number of benzene rings is 2. The predicted octanol–water partition coefficient (Wildman–Crippen LogP) is 5.34. The van der Waals surface area contributed by atoms with Gasteiger partial charge in [0.25, 0.3) is 0 Å². The molecule has 2 rings (SSSR count). The number of carbonyl (C=O) groups is 1. The lowest BCUT2D eigenvalue weighted by Gasteiger charge is -2.27. The first-order valence-electron chi connectivity index (χ1n) is 7.75. The van der Waals surface area contributed by atoms with E-state index < -0.39 is 0 Å². The number of carbonyl (C=O) groups excluding carboxylic acids is 1. The van der Waals surface area contributed by atoms with E-state index in [1.807, 2.05) is 24.3 Å². The van der Waals surface area contributed by atoms with Gasteiger partial charge in [0.15, 0.2) is 5.78 Å². The van der Waals surface area contributed by atoms with Crippen LogP contribution < -0.4 is 0 Å². The molecule has 0 saturated heterocycles. The molecule has 1 N–H and O–H groups in total. The molecule has 0 aromatic heterocycles. The fourth-order valence-electron chi connectivity index (χ4n) is 2.97. The molecule has 0 fully saturated rings. The molecule has 2 aromatic rings. The van der Waals surface area contributed by atoms with Crippen LogP contribution in [0.3, 0.4) is 0 Å². The third-order valence-corrected chi connectivity index (χ3v) is 4.13. The third kappa shape index (κ3) is 2.75. The van der Waals surface area contributed by atoms with Crippen LogP contribution in [-0.2, 0) is 10.8 Å². The van der Waals surface area contributed by atoms with Gasteiger partial charge < -0.3 is 5.11 Å². The average molecular weight is 298 g/mol. The fraction of sp³-hybridized carbons (Fsp3) is 0.450. The molecule has 0 radical (unpaired) electrons. The number of aromatic hydroxyl groups is 1. The minimum Gasteiger partial charge on any atom is -0.507 e. The number of phenolic OH excluding ortho intramolecular Hbond substituents is 1. The van der Waals surface area contributed by atoms with Gasteiger partial charge in [-0.25, -0.2) is 0 Å². The molecule has 0 unspecified atom stereocenters. The topological polar surface area (TPSA) is 37.3 Å². The molecule has 0 aliphatic carbocycles. The van der Waals surface area contributed by atoms with Gasteiger partial charge in [0.1, 0.15) is 5.75 Å². The summed E-state index contributed by atoms with van der Waals surface area (Å²) in [4.78, 5) is 12.0. The largest absolute Gasteiger partial charge is 0.507 e. The summed E-state index contributed by atoms with van der Waals surface area (Å²) in [5.41, 5.74) is 2.36. The highest BCUT2D eigenvalue weighted by molar-refractivity contribution is 6.06. The van der Waals surface area contributed by atoms with Crippen molar-refractivity contribution in [1.82, 2.24) is 0 Å². The maximum atomic E-state index is 12.0. The monoisotopic (exact) mass is 298 g/mol. The Morgan fingerprint density at radius 1 is 0.955 bits per heavy atom. The van der Waals surface area contributed by atoms with Crippen molar-refractivity contribution in [2.45, 2.75) is 59.3 Å². The van der Waals surface area contributed by atoms with Gasteiger partial charge >= 0.3 is 0 Å². The van der Waals surface area contributed by atoms with Crippen LogP contribution >= 0.6 is 0 Å². The summed E-state index contributed by atoms with van der Waals surface area (Å²) in [6, 6.07) is 7.96. The highest BCUT2D eigenvalue weighted by Gasteiger charge is 2.26. The van der Waals surface area contributed by atoms with Gasteiger partial charge in [-0.3, -0.25) is 4.79 Å². The van der Waals surface area contributed by atoms with Gasteiger partial charge in [-0.2, -0.15) is 0 Å². The molecule has 0 bridgehead atoms. The molecule has 22 heavy (non-hydrogen) atoms. The van der Waals surface area contributed by atoms with Crippen LogP contribution in [0.5, 0.6) is 5.75 Å². The van der Waals surface area contributed by atoms with Crippen LogP contribution in [0.2, 0.25) is 0 Å². The number of phenols is 1. The highest BCUT2D eigenvalue weighted by atomic mass is 16.3. The first kappa shape index (κ1) is 16.5. The van der Waals surface area contributed by atoms with Crippen LogP contribution in [0.4, 0.5) is 0 Å². The molecule has 0 heterocycles. The van der Waals surface area contributed by atoms with Crippen molar-refractivity contribution in [2.75, 3.05) is 0 Å². The average Bonchev–Trinajstić information content (AvgIpc) is 2.35. The first-order chi connectivity index (χ1) is 9.94. The van der Waals surface area contributed by atoms with E-state index in [0.29, 0.717) is 5.56 Å². The predicted molar refractivity (Wildman–Crippen MR) is 93.0 cm³/mol. The molecule has 0 atom stereocenters. The zero-order valence-corrected chi connectivity index (χ0v) is 14.7. The fourth-order valence-corrected chi connectivity index (χ4v) is 2.97. The van der Waals surface area contributed by atoms with Gasteiger partial charge in [-0.15, -0.1) is 0 Å². The quantitative estimate of drug-likeness (QED) is 0.721. The second kappa shape index (κ2) is 5.12. The van der Waals surface area contributed by atoms with E-state index in [-0.39, 0.29) is 22.4 Å². The van der Waals surface area contributed by atoms with E-state index in [1.54, 1.807) is 0 Å². The van der Waals surface area contributed by atoms with Gasteiger partial charge in [0, 0.05) is 5.39 Å². The van der Waals surface area contributed by atoms with Crippen molar-refractivity contribution >= 4 is 16.6 Å². The number of rotatable bonds is 1. The van der Waals surface area contributed by atoms with Crippen molar-refractivity contribution in [1.29, 1.82) is 0 Å². The van der Waals surface area contributed by atoms with Crippen molar-refractivity contribution in [2.24, 2.45) is 0 Å². The molecule has 0 aliphatic heterocycles. The van der Waals surface area contributed by atoms with Crippen LogP contribution in [0.15, 0.2) is 24.3 Å². The molecule has 2 heteroatoms. The van der Waals surface area contributed by atoms with E-state index in [4.69, 9.17) is 0 Å². The van der Waals surface area contributed by atoms with E-state index in [2.05, 4.69) is 41.5 Å². The molecule has 2 aromatic carbocycles. The zero-order valence-electron chi connectivity index (χ0n) is 14.7. The number of hydrogen-bond donors (Lipinski definition) is 1. The summed E-state index contributed by atoms with van der Waals surface area (Å²) in [5, 5.41) is 12.6. The van der Waals surface area contributed by atoms with Gasteiger partial charge in [0.2, 0.25) is 0 Å². The van der Waals surface area contributed by atoms with Crippen LogP contribution in [0.25, 0.3) is 10.8 Å². The summed E-state index contributed by atoms with van der Waals surface area (Å²) in [6.07, 6.45) is 0. The molecule has 118 valence electrons. The van der Waals surface area contributed by atoms with Crippen LogP contribution in [0.1, 0.15) is 70.0 Å². The SMILES string of the molecule is CC(=O)c1cc(C(C)(C)C)c2cccc(C(C)(C)C)c2c1O. The lowest BCUT2D eigenvalue weighted by Crippen LogP contribution is -2.16. The lowest BCUT2D eigenvalue weighted by molar-refractivity contribution is 0.101. The Bertz CT molecular complexity index is 741. The second-order valence-corrected chi connectivity index (χ2v) is 8.10. The Morgan fingerprint density at radius 3 is 1.95 bits per heavy atom. The highest BCUT2D eigenvalue weighted by Crippen LogP contribution is 2.42. The van der Waals surface area contributed by atoms with Crippen molar-refractivity contribution in [3.63, 3.8) is 0 Å². The summed E-state index contributed by atoms with van der Waals surface area (Å²) in [7, 11) is 0. The maximum absolute atomic E-state index is 12.0. The number of Topliss-reactive ketones (excluding diaryl/α,β-unsaturated/α-hetero) is 1. The molecular formula is C20H26O2. The standard InChI is InChI=1S/C20H26O2/c1-12(21)14-11-16(20(5,6)7)13-9-8-10-15(19(2,3)4)17(13)18(14)22/h8-11,22H,1-7H3. The Labute approximate surface area is 133 Å². The second-order valence-electron chi connectivity index (χ2n) is 8.10. The third-order valence-electron chi connectivity index (χ3n) is 4.13. The lowest BCUT2D eigenvalue weighted by atomic mass is 9.77. The minimum atomic E-state index is -0.110. The number of hydrogen-bond acceptors (Lipinski definition) is 2. The van der Waals surface area contributed by atoms with Crippen molar-refractivity contribution < 1.29 is 9.90 Å². The zero-order chi connectivity index (χ0) is 16.9. The van der Waals surface area contributed by atoms with Gasteiger partial charge in [-0.05, 0) is 40.3 Å². The number of fused-ring (bicyclic) bond motifs is 1. The summed E-state index contributed by atoms with van der Waals surface area (Å²) in [6.45, 7) is 14.3. The molecule has 2 nitrogen and oxygen atoms in total. The van der Waals surface area contributed by atoms with E-state index in [1.165, 1.54) is 6.92 Å². The Morgan fingerprint density at radius 2 is 1.50 bits per heavy atom. The van der Waals surface area contributed by atoms with Gasteiger partial charge in [0.05, 0.1) is 5.56 Å². The molecular weight excluding hydrogens is 272 g/mol.